The first-order valence-corrected chi connectivity index (χ1v) is 5.69. The summed E-state index contributed by atoms with van der Waals surface area (Å²) in [5, 5.41) is 0. The number of anilines is 1. The minimum atomic E-state index is -3.35. The fourth-order valence-electron chi connectivity index (χ4n) is 1.03. The van der Waals surface area contributed by atoms with Crippen LogP contribution in [0.15, 0.2) is 30.3 Å². The first-order chi connectivity index (χ1) is 6.58. The third-order valence-corrected chi connectivity index (χ3v) is 3.38. The molecule has 1 rings (SSSR count). The summed E-state index contributed by atoms with van der Waals surface area (Å²) in [5.74, 6) is -0.307. The quantitative estimate of drug-likeness (QED) is 0.754. The Kier molecular flexibility index (Phi) is 3.49. The number of ether oxygens (including phenoxy) is 1. The van der Waals surface area contributed by atoms with E-state index in [1.807, 2.05) is 6.07 Å². The largest absolute Gasteiger partial charge is 0.367 e. The maximum absolute atomic E-state index is 11.5. The van der Waals surface area contributed by atoms with E-state index in [-0.39, 0.29) is 5.94 Å². The molecule has 78 valence electrons. The highest BCUT2D eigenvalue weighted by Gasteiger charge is 2.17. The van der Waals surface area contributed by atoms with Gasteiger partial charge in [0.25, 0.3) is 10.0 Å². The molecule has 0 N–H and O–H groups in total. The molecule has 1 aromatic carbocycles. The van der Waals surface area contributed by atoms with Crippen LogP contribution in [-0.4, -0.2) is 28.5 Å². The van der Waals surface area contributed by atoms with Crippen molar-refractivity contribution in [3.63, 3.8) is 0 Å². The van der Waals surface area contributed by atoms with Crippen molar-refractivity contribution >= 4 is 15.7 Å². The van der Waals surface area contributed by atoms with Gasteiger partial charge in [-0.1, -0.05) is 18.2 Å². The van der Waals surface area contributed by atoms with Gasteiger partial charge in [-0.15, -0.1) is 0 Å². The van der Waals surface area contributed by atoms with Gasteiger partial charge in [-0.3, -0.25) is 4.31 Å². The standard InChI is InChI=1S/C9H13NO3S/c1-10(14(11,12)8-13-2)9-6-4-3-5-7-9/h3-7H,8H2,1-2H3. The molecule has 0 aliphatic heterocycles. The second-order valence-corrected chi connectivity index (χ2v) is 4.77. The van der Waals surface area contributed by atoms with Gasteiger partial charge in [-0.25, -0.2) is 8.42 Å². The van der Waals surface area contributed by atoms with Crippen LogP contribution in [0.25, 0.3) is 0 Å². The number of hydrogen-bond acceptors (Lipinski definition) is 3. The summed E-state index contributed by atoms with van der Waals surface area (Å²) in [6.45, 7) is 0. The van der Waals surface area contributed by atoms with Gasteiger partial charge >= 0.3 is 0 Å². The van der Waals surface area contributed by atoms with E-state index in [9.17, 15) is 8.42 Å². The van der Waals surface area contributed by atoms with E-state index in [2.05, 4.69) is 4.74 Å². The maximum Gasteiger partial charge on any atom is 0.259 e. The van der Waals surface area contributed by atoms with E-state index < -0.39 is 10.0 Å². The molecule has 4 nitrogen and oxygen atoms in total. The average Bonchev–Trinajstić information content (AvgIpc) is 2.18. The van der Waals surface area contributed by atoms with Crippen molar-refractivity contribution in [1.29, 1.82) is 0 Å². The molecule has 0 unspecified atom stereocenters. The highest BCUT2D eigenvalue weighted by atomic mass is 32.2. The van der Waals surface area contributed by atoms with Crippen LogP contribution >= 0.6 is 0 Å². The third-order valence-electron chi connectivity index (χ3n) is 1.80. The lowest BCUT2D eigenvalue weighted by atomic mass is 10.3. The molecule has 14 heavy (non-hydrogen) atoms. The van der Waals surface area contributed by atoms with Crippen molar-refractivity contribution in [1.82, 2.24) is 0 Å². The van der Waals surface area contributed by atoms with E-state index in [1.165, 1.54) is 18.5 Å². The summed E-state index contributed by atoms with van der Waals surface area (Å²) in [5.41, 5.74) is 0.629. The molecule has 0 fully saturated rings. The Balaban J connectivity index is 2.91. The van der Waals surface area contributed by atoms with Crippen molar-refractivity contribution in [2.75, 3.05) is 24.4 Å². The minimum Gasteiger partial charge on any atom is -0.367 e. The molecule has 0 radical (unpaired) electrons. The average molecular weight is 215 g/mol. The summed E-state index contributed by atoms with van der Waals surface area (Å²) in [6, 6.07) is 8.86. The van der Waals surface area contributed by atoms with E-state index in [1.54, 1.807) is 24.3 Å². The molecular weight excluding hydrogens is 202 g/mol. The van der Waals surface area contributed by atoms with Gasteiger partial charge < -0.3 is 4.74 Å². The lowest BCUT2D eigenvalue weighted by Crippen LogP contribution is -2.29. The maximum atomic E-state index is 11.5. The van der Waals surface area contributed by atoms with Crippen LogP contribution < -0.4 is 4.31 Å². The molecule has 0 saturated carbocycles. The first kappa shape index (κ1) is 11.0. The second-order valence-electron chi connectivity index (χ2n) is 2.82. The lowest BCUT2D eigenvalue weighted by Gasteiger charge is -2.18. The Morgan fingerprint density at radius 1 is 1.29 bits per heavy atom. The van der Waals surface area contributed by atoms with Gasteiger partial charge in [0, 0.05) is 14.2 Å². The van der Waals surface area contributed by atoms with Gasteiger partial charge in [0.15, 0.2) is 5.94 Å². The molecule has 0 bridgehead atoms. The molecule has 5 heteroatoms. The van der Waals surface area contributed by atoms with E-state index in [0.29, 0.717) is 5.69 Å². The van der Waals surface area contributed by atoms with Crippen molar-refractivity contribution in [2.24, 2.45) is 0 Å². The third kappa shape index (κ3) is 2.46. The van der Waals surface area contributed by atoms with Gasteiger partial charge in [0.1, 0.15) is 0 Å². The predicted molar refractivity (Wildman–Crippen MR) is 55.6 cm³/mol. The van der Waals surface area contributed by atoms with Gasteiger partial charge in [-0.2, -0.15) is 0 Å². The zero-order chi connectivity index (χ0) is 10.6. The summed E-state index contributed by atoms with van der Waals surface area (Å²) >= 11 is 0. The Morgan fingerprint density at radius 2 is 1.86 bits per heavy atom. The van der Waals surface area contributed by atoms with E-state index in [0.717, 1.165) is 0 Å². The summed E-state index contributed by atoms with van der Waals surface area (Å²) < 4.78 is 28.9. The van der Waals surface area contributed by atoms with Gasteiger partial charge in [-0.05, 0) is 12.1 Å². The van der Waals surface area contributed by atoms with Crippen LogP contribution in [0.1, 0.15) is 0 Å². The van der Waals surface area contributed by atoms with Gasteiger partial charge in [0.05, 0.1) is 5.69 Å². The van der Waals surface area contributed by atoms with Crippen LogP contribution in [0.3, 0.4) is 0 Å². The molecule has 0 atom stereocenters. The number of hydrogen-bond donors (Lipinski definition) is 0. The highest BCUT2D eigenvalue weighted by Crippen LogP contribution is 2.14. The molecule has 0 amide bonds. The number of sulfonamides is 1. The summed E-state index contributed by atoms with van der Waals surface area (Å²) in [6.07, 6.45) is 0. The van der Waals surface area contributed by atoms with Crippen molar-refractivity contribution < 1.29 is 13.2 Å². The second kappa shape index (κ2) is 4.43. The number of nitrogens with zero attached hydrogens (tertiary/aromatic N) is 1. The number of benzene rings is 1. The Morgan fingerprint density at radius 3 is 2.36 bits per heavy atom. The van der Waals surface area contributed by atoms with E-state index >= 15 is 0 Å². The SMILES string of the molecule is COCS(=O)(=O)N(C)c1ccccc1. The highest BCUT2D eigenvalue weighted by molar-refractivity contribution is 7.92. The molecule has 0 aliphatic carbocycles. The topological polar surface area (TPSA) is 46.6 Å². The summed E-state index contributed by atoms with van der Waals surface area (Å²) in [4.78, 5) is 0. The molecule has 0 aromatic heterocycles. The predicted octanol–water partition coefficient (Wildman–Crippen LogP) is 1.06. The zero-order valence-electron chi connectivity index (χ0n) is 8.17. The molecule has 1 aromatic rings. The molecule has 0 spiro atoms. The summed E-state index contributed by atoms with van der Waals surface area (Å²) in [7, 11) is -0.491. The molecule has 0 heterocycles. The number of methoxy groups -OCH3 is 1. The van der Waals surface area contributed by atoms with Crippen molar-refractivity contribution in [2.45, 2.75) is 0 Å². The van der Waals surface area contributed by atoms with Crippen molar-refractivity contribution in [3.8, 4) is 0 Å². The number of para-hydroxylation sites is 1. The van der Waals surface area contributed by atoms with Crippen LogP contribution in [-0.2, 0) is 14.8 Å². The fraction of sp³-hybridized carbons (Fsp3) is 0.333. The Labute approximate surface area is 84.2 Å². The normalized spacial score (nSPS) is 11.3. The smallest absolute Gasteiger partial charge is 0.259 e. The minimum absolute atomic E-state index is 0.307. The molecule has 0 saturated heterocycles. The van der Waals surface area contributed by atoms with Gasteiger partial charge in [0.2, 0.25) is 0 Å². The van der Waals surface area contributed by atoms with Crippen LogP contribution in [0, 0.1) is 0 Å². The Bertz CT molecular complexity index is 374. The van der Waals surface area contributed by atoms with Crippen molar-refractivity contribution in [3.05, 3.63) is 30.3 Å². The zero-order valence-corrected chi connectivity index (χ0v) is 8.99. The monoisotopic (exact) mass is 215 g/mol. The first-order valence-electron chi connectivity index (χ1n) is 4.08. The Hall–Kier alpha value is -1.07. The van der Waals surface area contributed by atoms with Crippen LogP contribution in [0.4, 0.5) is 5.69 Å². The molecular formula is C9H13NO3S. The fourth-order valence-corrected chi connectivity index (χ4v) is 1.93. The van der Waals surface area contributed by atoms with Crippen LogP contribution in [0.5, 0.6) is 0 Å². The number of rotatable bonds is 4. The van der Waals surface area contributed by atoms with E-state index in [4.69, 9.17) is 0 Å². The molecule has 0 aliphatic rings. The lowest BCUT2D eigenvalue weighted by molar-refractivity contribution is 0.249. The van der Waals surface area contributed by atoms with Crippen LogP contribution in [0.2, 0.25) is 0 Å².